The highest BCUT2D eigenvalue weighted by atomic mass is 32.2. The van der Waals surface area contributed by atoms with Crippen LogP contribution in [-0.4, -0.2) is 22.2 Å². The van der Waals surface area contributed by atoms with Crippen molar-refractivity contribution in [2.24, 2.45) is 4.99 Å². The van der Waals surface area contributed by atoms with E-state index >= 15 is 0 Å². The van der Waals surface area contributed by atoms with E-state index in [2.05, 4.69) is 22.4 Å². The monoisotopic (exact) mass is 428 g/mol. The van der Waals surface area contributed by atoms with Gasteiger partial charge in [0.1, 0.15) is 0 Å². The molecule has 3 aromatic carbocycles. The first kappa shape index (κ1) is 20.6. The summed E-state index contributed by atoms with van der Waals surface area (Å²) in [6, 6.07) is 25.6. The van der Waals surface area contributed by atoms with Gasteiger partial charge in [-0.05, 0) is 58.6 Å². The molecule has 6 heteroatoms. The summed E-state index contributed by atoms with van der Waals surface area (Å²) in [5.41, 5.74) is 4.86. The fourth-order valence-electron chi connectivity index (χ4n) is 3.14. The predicted molar refractivity (Wildman–Crippen MR) is 125 cm³/mol. The first-order chi connectivity index (χ1) is 15.1. The Morgan fingerprint density at radius 1 is 0.935 bits per heavy atom. The van der Waals surface area contributed by atoms with Gasteiger partial charge in [-0.3, -0.25) is 9.59 Å². The van der Waals surface area contributed by atoms with Gasteiger partial charge in [-0.15, -0.1) is 0 Å². The lowest BCUT2D eigenvalue weighted by molar-refractivity contribution is -0.137. The Labute approximate surface area is 184 Å². The van der Waals surface area contributed by atoms with Crippen molar-refractivity contribution in [3.8, 4) is 11.1 Å². The number of rotatable bonds is 6. The third-order valence-electron chi connectivity index (χ3n) is 4.76. The van der Waals surface area contributed by atoms with Gasteiger partial charge in [-0.25, -0.2) is 4.99 Å². The Hall–Kier alpha value is -3.64. The van der Waals surface area contributed by atoms with Crippen LogP contribution >= 0.6 is 11.8 Å². The molecule has 0 saturated carbocycles. The molecule has 3 aromatic rings. The highest BCUT2D eigenvalue weighted by Gasteiger charge is 2.23. The number of benzene rings is 3. The number of aliphatic carboxylic acids is 1. The average molecular weight is 429 g/mol. The Balaban J connectivity index is 1.44. The molecule has 0 aliphatic carbocycles. The molecule has 1 heterocycles. The van der Waals surface area contributed by atoms with Gasteiger partial charge in [0.2, 0.25) is 0 Å². The SMILES string of the molecule is O=C(O)CCc1ccc(N=C2NC(=O)C(=Cc3ccc(-c4ccccc4)cc3)S2)cc1. The molecule has 1 amide bonds. The zero-order valence-corrected chi connectivity index (χ0v) is 17.4. The molecule has 0 spiro atoms. The highest BCUT2D eigenvalue weighted by Crippen LogP contribution is 2.29. The number of hydrogen-bond donors (Lipinski definition) is 2. The molecule has 0 bridgehead atoms. The maximum atomic E-state index is 12.3. The quantitative estimate of drug-likeness (QED) is 0.525. The van der Waals surface area contributed by atoms with Crippen molar-refractivity contribution in [2.45, 2.75) is 12.8 Å². The zero-order chi connectivity index (χ0) is 21.6. The van der Waals surface area contributed by atoms with Crippen LogP contribution in [0.5, 0.6) is 0 Å². The van der Waals surface area contributed by atoms with E-state index in [1.54, 1.807) is 0 Å². The molecule has 0 unspecified atom stereocenters. The fourth-order valence-corrected chi connectivity index (χ4v) is 3.98. The first-order valence-electron chi connectivity index (χ1n) is 9.83. The van der Waals surface area contributed by atoms with E-state index < -0.39 is 5.97 Å². The van der Waals surface area contributed by atoms with Gasteiger partial charge in [0.25, 0.3) is 5.91 Å². The van der Waals surface area contributed by atoms with Gasteiger partial charge in [0.05, 0.1) is 10.6 Å². The van der Waals surface area contributed by atoms with Gasteiger partial charge in [-0.2, -0.15) is 0 Å². The second-order valence-corrected chi connectivity index (χ2v) is 8.06. The molecular weight excluding hydrogens is 408 g/mol. The van der Waals surface area contributed by atoms with Crippen molar-refractivity contribution < 1.29 is 14.7 Å². The summed E-state index contributed by atoms with van der Waals surface area (Å²) < 4.78 is 0. The maximum absolute atomic E-state index is 12.3. The largest absolute Gasteiger partial charge is 0.481 e. The molecule has 5 nitrogen and oxygen atoms in total. The van der Waals surface area contributed by atoms with Crippen molar-refractivity contribution in [1.29, 1.82) is 0 Å². The third-order valence-corrected chi connectivity index (χ3v) is 5.67. The summed E-state index contributed by atoms with van der Waals surface area (Å²) >= 11 is 1.30. The summed E-state index contributed by atoms with van der Waals surface area (Å²) in [4.78, 5) is 28.1. The molecule has 4 rings (SSSR count). The number of carboxylic acid groups (broad SMARTS) is 1. The van der Waals surface area contributed by atoms with E-state index in [0.29, 0.717) is 22.2 Å². The number of hydrogen-bond acceptors (Lipinski definition) is 4. The smallest absolute Gasteiger partial charge is 0.303 e. The summed E-state index contributed by atoms with van der Waals surface area (Å²) in [7, 11) is 0. The topological polar surface area (TPSA) is 78.8 Å². The number of carbonyl (C=O) groups is 2. The van der Waals surface area contributed by atoms with Gasteiger partial charge < -0.3 is 10.4 Å². The highest BCUT2D eigenvalue weighted by molar-refractivity contribution is 8.18. The van der Waals surface area contributed by atoms with E-state index in [1.807, 2.05) is 72.8 Å². The molecular formula is C25H20N2O3S. The molecule has 0 atom stereocenters. The maximum Gasteiger partial charge on any atom is 0.303 e. The number of nitrogens with one attached hydrogen (secondary N) is 1. The van der Waals surface area contributed by atoms with Crippen molar-refractivity contribution >= 4 is 40.6 Å². The molecule has 0 radical (unpaired) electrons. The van der Waals surface area contributed by atoms with Gasteiger partial charge >= 0.3 is 5.97 Å². The number of amidine groups is 1. The van der Waals surface area contributed by atoms with Crippen molar-refractivity contribution in [3.05, 3.63) is 94.9 Å². The minimum atomic E-state index is -0.816. The molecule has 2 N–H and O–H groups in total. The molecule has 1 saturated heterocycles. The number of thioether (sulfide) groups is 1. The predicted octanol–water partition coefficient (Wildman–Crippen LogP) is 5.26. The minimum Gasteiger partial charge on any atom is -0.481 e. The normalized spacial score (nSPS) is 15.9. The van der Waals surface area contributed by atoms with Gasteiger partial charge in [0.15, 0.2) is 5.17 Å². The van der Waals surface area contributed by atoms with Gasteiger partial charge in [-0.1, -0.05) is 66.7 Å². The van der Waals surface area contributed by atoms with Crippen LogP contribution in [0.25, 0.3) is 17.2 Å². The summed E-state index contributed by atoms with van der Waals surface area (Å²) in [5, 5.41) is 12.1. The number of nitrogens with zero attached hydrogens (tertiary/aromatic N) is 1. The van der Waals surface area contributed by atoms with Crippen LogP contribution in [0.2, 0.25) is 0 Å². The molecule has 1 fully saturated rings. The molecule has 154 valence electrons. The Morgan fingerprint density at radius 2 is 1.61 bits per heavy atom. The van der Waals surface area contributed by atoms with E-state index in [0.717, 1.165) is 22.3 Å². The summed E-state index contributed by atoms with van der Waals surface area (Å²) in [5.74, 6) is -0.989. The van der Waals surface area contributed by atoms with E-state index in [-0.39, 0.29) is 12.3 Å². The second kappa shape index (κ2) is 9.45. The zero-order valence-electron chi connectivity index (χ0n) is 16.6. The molecule has 31 heavy (non-hydrogen) atoms. The number of carboxylic acids is 1. The number of aryl methyl sites for hydroxylation is 1. The van der Waals surface area contributed by atoms with Crippen molar-refractivity contribution in [2.75, 3.05) is 0 Å². The van der Waals surface area contributed by atoms with Crippen LogP contribution in [0, 0.1) is 0 Å². The number of carbonyl (C=O) groups excluding carboxylic acids is 1. The lowest BCUT2D eigenvalue weighted by Gasteiger charge is -2.02. The van der Waals surface area contributed by atoms with Crippen molar-refractivity contribution in [1.82, 2.24) is 5.32 Å². The minimum absolute atomic E-state index is 0.0975. The Bertz CT molecular complexity index is 1150. The van der Waals surface area contributed by atoms with E-state index in [4.69, 9.17) is 5.11 Å². The lowest BCUT2D eigenvalue weighted by atomic mass is 10.0. The molecule has 0 aromatic heterocycles. The van der Waals surface area contributed by atoms with E-state index in [1.165, 1.54) is 11.8 Å². The Morgan fingerprint density at radius 3 is 2.29 bits per heavy atom. The second-order valence-electron chi connectivity index (χ2n) is 7.03. The van der Waals surface area contributed by atoms with Crippen LogP contribution in [0.4, 0.5) is 5.69 Å². The number of aliphatic imine (C=N–C) groups is 1. The van der Waals surface area contributed by atoms with Crippen LogP contribution in [0.1, 0.15) is 17.5 Å². The first-order valence-corrected chi connectivity index (χ1v) is 10.6. The standard InChI is InChI=1S/C25H20N2O3S/c28-23(29)15-10-17-8-13-21(14-9-17)26-25-27-24(30)22(31-25)16-18-6-11-20(12-7-18)19-4-2-1-3-5-19/h1-9,11-14,16H,10,15H2,(H,28,29)(H,26,27,30). The van der Waals surface area contributed by atoms with Crippen molar-refractivity contribution in [3.63, 3.8) is 0 Å². The van der Waals surface area contributed by atoms with Gasteiger partial charge in [0, 0.05) is 6.42 Å². The Kier molecular flexibility index (Phi) is 6.29. The molecule has 1 aliphatic rings. The third kappa shape index (κ3) is 5.49. The molecule has 1 aliphatic heterocycles. The number of amides is 1. The van der Waals surface area contributed by atoms with Crippen LogP contribution in [0.15, 0.2) is 88.8 Å². The lowest BCUT2D eigenvalue weighted by Crippen LogP contribution is -2.19. The summed E-state index contributed by atoms with van der Waals surface area (Å²) in [6.07, 6.45) is 2.43. The van der Waals surface area contributed by atoms with Crippen LogP contribution < -0.4 is 5.32 Å². The fraction of sp³-hybridized carbons (Fsp3) is 0.0800. The average Bonchev–Trinajstić information content (AvgIpc) is 3.13. The van der Waals surface area contributed by atoms with E-state index in [9.17, 15) is 9.59 Å². The van der Waals surface area contributed by atoms with Crippen LogP contribution in [0.3, 0.4) is 0 Å². The summed E-state index contributed by atoms with van der Waals surface area (Å²) in [6.45, 7) is 0. The van der Waals surface area contributed by atoms with Crippen LogP contribution in [-0.2, 0) is 16.0 Å².